The van der Waals surface area contributed by atoms with Crippen LogP contribution in [0.5, 0.6) is 28.7 Å². The quantitative estimate of drug-likeness (QED) is 0.386. The van der Waals surface area contributed by atoms with Crippen molar-refractivity contribution in [3.8, 4) is 39.9 Å². The summed E-state index contributed by atoms with van der Waals surface area (Å²) in [5, 5.41) is 60.6. The molecule has 1 saturated heterocycles. The minimum absolute atomic E-state index is 0.0828. The lowest BCUT2D eigenvalue weighted by Crippen LogP contribution is -2.59. The minimum atomic E-state index is -1.78. The van der Waals surface area contributed by atoms with Gasteiger partial charge in [-0.25, -0.2) is 0 Å². The number of aromatic hydroxyl groups is 2. The molecule has 31 heavy (non-hydrogen) atoms. The zero-order chi connectivity index (χ0) is 22.4. The molecule has 6 N–H and O–H groups in total. The number of phenols is 2. The Labute approximate surface area is 177 Å². The maximum absolute atomic E-state index is 11.0. The highest BCUT2D eigenvalue weighted by Crippen LogP contribution is 2.53. The first kappa shape index (κ1) is 21.5. The van der Waals surface area contributed by atoms with Crippen LogP contribution in [-0.4, -0.2) is 75.8 Å². The third kappa shape index (κ3) is 3.42. The van der Waals surface area contributed by atoms with Crippen molar-refractivity contribution >= 4 is 0 Å². The number of methoxy groups -OCH3 is 2. The largest absolute Gasteiger partial charge is 0.504 e. The number of ether oxygens (including phenoxy) is 4. The van der Waals surface area contributed by atoms with Crippen LogP contribution >= 0.6 is 0 Å². The Morgan fingerprint density at radius 2 is 1.52 bits per heavy atom. The molecule has 0 saturated carbocycles. The molecule has 10 heteroatoms. The summed E-state index contributed by atoms with van der Waals surface area (Å²) in [6.45, 7) is 0. The van der Waals surface area contributed by atoms with Gasteiger partial charge in [0, 0.05) is 11.1 Å². The van der Waals surface area contributed by atoms with Crippen LogP contribution in [0.3, 0.4) is 0 Å². The van der Waals surface area contributed by atoms with Gasteiger partial charge in [-0.2, -0.15) is 0 Å². The van der Waals surface area contributed by atoms with Crippen LogP contribution in [-0.2, 0) is 17.6 Å². The van der Waals surface area contributed by atoms with E-state index in [-0.39, 0.29) is 28.7 Å². The highest BCUT2D eigenvalue weighted by Gasteiger charge is 2.44. The second kappa shape index (κ2) is 8.06. The van der Waals surface area contributed by atoms with Crippen LogP contribution in [0.25, 0.3) is 11.1 Å². The van der Waals surface area contributed by atoms with Crippen molar-refractivity contribution in [3.63, 3.8) is 0 Å². The summed E-state index contributed by atoms with van der Waals surface area (Å²) in [5.41, 5.74) is 2.46. The fraction of sp³-hybridized carbons (Fsp3) is 0.429. The lowest BCUT2D eigenvalue weighted by atomic mass is 9.83. The van der Waals surface area contributed by atoms with Gasteiger partial charge in [-0.15, -0.1) is 0 Å². The Morgan fingerprint density at radius 3 is 2.19 bits per heavy atom. The molecule has 2 aromatic rings. The number of aryl methyl sites for hydroxylation is 2. The van der Waals surface area contributed by atoms with Gasteiger partial charge >= 0.3 is 0 Å². The first-order chi connectivity index (χ1) is 14.8. The predicted octanol–water partition coefficient (Wildman–Crippen LogP) is 0.0168. The molecular formula is C21H24O10. The summed E-state index contributed by atoms with van der Waals surface area (Å²) in [4.78, 5) is 0. The Hall–Kier alpha value is -2.76. The monoisotopic (exact) mass is 436 g/mol. The molecule has 5 atom stereocenters. The van der Waals surface area contributed by atoms with Crippen molar-refractivity contribution in [2.45, 2.75) is 43.7 Å². The van der Waals surface area contributed by atoms with E-state index in [1.165, 1.54) is 20.3 Å². The van der Waals surface area contributed by atoms with Crippen molar-refractivity contribution in [1.82, 2.24) is 0 Å². The number of aliphatic hydroxyl groups excluding tert-OH is 4. The topological polar surface area (TPSA) is 158 Å². The molecule has 0 amide bonds. The van der Waals surface area contributed by atoms with Gasteiger partial charge in [-0.3, -0.25) is 0 Å². The van der Waals surface area contributed by atoms with Gasteiger partial charge < -0.3 is 49.6 Å². The third-order valence-electron chi connectivity index (χ3n) is 5.63. The maximum Gasteiger partial charge on any atom is 0.231 e. The van der Waals surface area contributed by atoms with E-state index in [9.17, 15) is 30.6 Å². The van der Waals surface area contributed by atoms with Crippen molar-refractivity contribution in [2.24, 2.45) is 0 Å². The molecule has 0 radical (unpaired) electrons. The average Bonchev–Trinajstić information content (AvgIpc) is 2.76. The summed E-state index contributed by atoms with van der Waals surface area (Å²) in [7, 11) is 2.81. The molecule has 1 aliphatic heterocycles. The maximum atomic E-state index is 11.0. The molecule has 1 aliphatic carbocycles. The van der Waals surface area contributed by atoms with Gasteiger partial charge in [0.15, 0.2) is 29.3 Å². The summed E-state index contributed by atoms with van der Waals surface area (Å²) in [6.07, 6.45) is -7.24. The smallest absolute Gasteiger partial charge is 0.231 e. The van der Waals surface area contributed by atoms with Crippen LogP contribution in [0.1, 0.15) is 11.1 Å². The molecular weight excluding hydrogens is 412 g/mol. The molecule has 10 nitrogen and oxygen atoms in total. The summed E-state index contributed by atoms with van der Waals surface area (Å²) >= 11 is 0. The van der Waals surface area contributed by atoms with E-state index in [4.69, 9.17) is 18.9 Å². The summed E-state index contributed by atoms with van der Waals surface area (Å²) in [6, 6.07) is 4.75. The lowest BCUT2D eigenvalue weighted by molar-refractivity contribution is -0.321. The van der Waals surface area contributed by atoms with E-state index in [1.807, 2.05) is 0 Å². The average molecular weight is 436 g/mol. The number of aliphatic hydroxyl groups is 4. The number of fused-ring (bicyclic) bond motifs is 3. The van der Waals surface area contributed by atoms with Crippen LogP contribution in [0.15, 0.2) is 18.2 Å². The van der Waals surface area contributed by atoms with E-state index in [0.717, 1.165) is 11.1 Å². The highest BCUT2D eigenvalue weighted by atomic mass is 16.7. The van der Waals surface area contributed by atoms with Crippen LogP contribution < -0.4 is 14.2 Å². The number of benzene rings is 2. The Kier molecular flexibility index (Phi) is 5.58. The fourth-order valence-electron chi connectivity index (χ4n) is 4.06. The normalized spacial score (nSPS) is 27.2. The molecule has 0 aromatic heterocycles. The van der Waals surface area contributed by atoms with E-state index in [1.54, 1.807) is 12.1 Å². The number of rotatable bonds is 4. The van der Waals surface area contributed by atoms with Gasteiger partial charge in [0.05, 0.1) is 14.2 Å². The van der Waals surface area contributed by atoms with E-state index in [2.05, 4.69) is 0 Å². The van der Waals surface area contributed by atoms with Crippen LogP contribution in [0.2, 0.25) is 0 Å². The van der Waals surface area contributed by atoms with Crippen molar-refractivity contribution in [3.05, 3.63) is 29.3 Å². The first-order valence-corrected chi connectivity index (χ1v) is 9.64. The van der Waals surface area contributed by atoms with Crippen molar-refractivity contribution in [2.75, 3.05) is 14.2 Å². The van der Waals surface area contributed by atoms with E-state index in [0.29, 0.717) is 24.0 Å². The van der Waals surface area contributed by atoms with E-state index < -0.39 is 30.9 Å². The zero-order valence-electron chi connectivity index (χ0n) is 16.8. The molecule has 0 bridgehead atoms. The Balaban J connectivity index is 1.78. The van der Waals surface area contributed by atoms with Gasteiger partial charge in [-0.1, -0.05) is 6.07 Å². The summed E-state index contributed by atoms with van der Waals surface area (Å²) < 4.78 is 21.3. The number of hydrogen-bond donors (Lipinski definition) is 6. The molecule has 1 fully saturated rings. The highest BCUT2D eigenvalue weighted by molar-refractivity contribution is 5.87. The summed E-state index contributed by atoms with van der Waals surface area (Å²) in [5.74, 6) is -0.0930. The van der Waals surface area contributed by atoms with Crippen LogP contribution in [0.4, 0.5) is 0 Å². The van der Waals surface area contributed by atoms with E-state index >= 15 is 0 Å². The molecule has 2 aromatic carbocycles. The number of hydrogen-bond acceptors (Lipinski definition) is 10. The molecule has 2 aliphatic rings. The predicted molar refractivity (Wildman–Crippen MR) is 105 cm³/mol. The fourth-order valence-corrected chi connectivity index (χ4v) is 4.06. The third-order valence-corrected chi connectivity index (χ3v) is 5.63. The van der Waals surface area contributed by atoms with Crippen molar-refractivity contribution < 1.29 is 49.6 Å². The zero-order valence-corrected chi connectivity index (χ0v) is 16.8. The first-order valence-electron chi connectivity index (χ1n) is 9.64. The molecule has 168 valence electrons. The van der Waals surface area contributed by atoms with Gasteiger partial charge in [0.1, 0.15) is 18.3 Å². The number of phenolic OH excluding ortho intramolecular Hbond substituents is 2. The molecule has 4 rings (SSSR count). The Morgan fingerprint density at radius 1 is 0.839 bits per heavy atom. The van der Waals surface area contributed by atoms with Gasteiger partial charge in [0.25, 0.3) is 0 Å². The van der Waals surface area contributed by atoms with Crippen LogP contribution in [0, 0.1) is 0 Å². The van der Waals surface area contributed by atoms with Gasteiger partial charge in [0.2, 0.25) is 12.0 Å². The van der Waals surface area contributed by atoms with Gasteiger partial charge in [-0.05, 0) is 36.1 Å². The molecule has 0 unspecified atom stereocenters. The van der Waals surface area contributed by atoms with Crippen molar-refractivity contribution in [1.29, 1.82) is 0 Å². The molecule has 0 spiro atoms. The lowest BCUT2D eigenvalue weighted by Gasteiger charge is -2.38. The second-order valence-electron chi connectivity index (χ2n) is 7.43. The SMILES string of the molecule is COc1c(O)cc2c(c1OC)-c1c(ccc(O[C@@H]3O[C@H](O)[C@H](O)[C@@H](O)[C@H]3O)c1O)CC2. The standard InChI is InChI=1S/C21H24O10/c1-28-18-10(22)7-9-4-3-8-5-6-11(14(23)12(8)13(9)19(18)29-2)30-21-17(26)15(24)16(25)20(27)31-21/h5-7,15-17,20-27H,3-4H2,1-2H3/t15-,16-,17-,20+,21-/m1/s1. The minimum Gasteiger partial charge on any atom is -0.504 e. The second-order valence-corrected chi connectivity index (χ2v) is 7.43. The Bertz CT molecular complexity index is 991. The molecule has 1 heterocycles.